The first kappa shape index (κ1) is 15.5. The van der Waals surface area contributed by atoms with Crippen LogP contribution in [0.3, 0.4) is 0 Å². The molecule has 0 saturated carbocycles. The normalized spacial score (nSPS) is 11.3. The Balaban J connectivity index is 2.40. The van der Waals surface area contributed by atoms with Gasteiger partial charge in [-0.05, 0) is 25.1 Å². The van der Waals surface area contributed by atoms with Crippen LogP contribution in [0.4, 0.5) is 5.69 Å². The molecule has 0 saturated heterocycles. The molecule has 0 bridgehead atoms. The average molecular weight is 324 g/mol. The molecule has 110 valence electrons. The minimum Gasteiger partial charge on any atom is -0.258 e. The lowest BCUT2D eigenvalue weighted by Crippen LogP contribution is -1.99. The number of sulfone groups is 1. The second-order valence-corrected chi connectivity index (χ2v) is 7.43. The molecule has 0 radical (unpaired) electrons. The van der Waals surface area contributed by atoms with E-state index >= 15 is 0 Å². The van der Waals surface area contributed by atoms with Crippen molar-refractivity contribution in [1.82, 2.24) is 4.98 Å². The summed E-state index contributed by atoms with van der Waals surface area (Å²) in [5.74, 6) is 0. The van der Waals surface area contributed by atoms with Crippen molar-refractivity contribution >= 4 is 27.3 Å². The van der Waals surface area contributed by atoms with Crippen molar-refractivity contribution in [3.8, 4) is 0 Å². The first-order chi connectivity index (χ1) is 9.79. The Bertz CT molecular complexity index is 804. The second kappa shape index (κ2) is 5.82. The van der Waals surface area contributed by atoms with E-state index in [9.17, 15) is 18.5 Å². The van der Waals surface area contributed by atoms with Crippen molar-refractivity contribution in [2.24, 2.45) is 0 Å². The molecule has 2 aromatic rings. The second-order valence-electron chi connectivity index (χ2n) is 4.39. The lowest BCUT2D eigenvalue weighted by atomic mass is 10.3. The van der Waals surface area contributed by atoms with Crippen LogP contribution in [-0.4, -0.2) is 24.6 Å². The molecule has 1 heterocycles. The van der Waals surface area contributed by atoms with E-state index in [1.165, 1.54) is 12.3 Å². The Hall–Kier alpha value is -1.93. The lowest BCUT2D eigenvalue weighted by molar-refractivity contribution is -0.385. The van der Waals surface area contributed by atoms with Gasteiger partial charge in [-0.3, -0.25) is 10.1 Å². The third kappa shape index (κ3) is 3.59. The first-order valence-corrected chi connectivity index (χ1v) is 8.58. The van der Waals surface area contributed by atoms with Gasteiger partial charge in [0.1, 0.15) is 11.2 Å². The van der Waals surface area contributed by atoms with Crippen molar-refractivity contribution < 1.29 is 13.3 Å². The third-order valence-electron chi connectivity index (χ3n) is 2.72. The van der Waals surface area contributed by atoms with Gasteiger partial charge in [0.25, 0.3) is 5.69 Å². The van der Waals surface area contributed by atoms with E-state index < -0.39 is 14.8 Å². The van der Waals surface area contributed by atoms with E-state index in [-0.39, 0.29) is 10.6 Å². The maximum absolute atomic E-state index is 11.7. The number of pyridine rings is 1. The molecule has 21 heavy (non-hydrogen) atoms. The van der Waals surface area contributed by atoms with E-state index in [4.69, 9.17) is 0 Å². The Morgan fingerprint density at radius 2 is 1.95 bits per heavy atom. The minimum atomic E-state index is -3.34. The van der Waals surface area contributed by atoms with Gasteiger partial charge in [-0.2, -0.15) is 0 Å². The monoisotopic (exact) mass is 324 g/mol. The highest BCUT2D eigenvalue weighted by atomic mass is 32.2. The Morgan fingerprint density at radius 3 is 2.52 bits per heavy atom. The van der Waals surface area contributed by atoms with Crippen LogP contribution >= 0.6 is 11.8 Å². The van der Waals surface area contributed by atoms with Crippen LogP contribution in [-0.2, 0) is 9.84 Å². The molecule has 1 aromatic carbocycles. The molecule has 0 aliphatic carbocycles. The Labute approximate surface area is 126 Å². The van der Waals surface area contributed by atoms with Gasteiger partial charge in [-0.25, -0.2) is 13.4 Å². The molecule has 0 spiro atoms. The number of aryl methyl sites for hydroxylation is 1. The number of benzene rings is 1. The number of nitro groups is 1. The van der Waals surface area contributed by atoms with E-state index in [0.717, 1.165) is 18.0 Å². The van der Waals surface area contributed by atoms with Crippen molar-refractivity contribution in [3.05, 3.63) is 52.2 Å². The Morgan fingerprint density at radius 1 is 1.29 bits per heavy atom. The molecule has 0 fully saturated rings. The number of aromatic nitrogens is 1. The molecular weight excluding hydrogens is 312 g/mol. The highest BCUT2D eigenvalue weighted by Crippen LogP contribution is 2.33. The topological polar surface area (TPSA) is 90.2 Å². The fourth-order valence-corrected chi connectivity index (χ4v) is 3.94. The summed E-state index contributed by atoms with van der Waals surface area (Å²) < 4.78 is 23.5. The quantitative estimate of drug-likeness (QED) is 0.634. The molecule has 0 aliphatic heterocycles. The third-order valence-corrected chi connectivity index (χ3v) is 5.01. The standard InChI is InChI=1S/C13H12N2O4S2/c1-9-7-13(14-8-10(9)15(16)17)20-11-5-3-4-6-12(11)21(2,18)19/h3-8H,1-2H3. The molecule has 0 atom stereocenters. The highest BCUT2D eigenvalue weighted by molar-refractivity contribution is 8.00. The summed E-state index contributed by atoms with van der Waals surface area (Å²) in [6.07, 6.45) is 2.32. The van der Waals surface area contributed by atoms with Crippen LogP contribution in [0.1, 0.15) is 5.56 Å². The summed E-state index contributed by atoms with van der Waals surface area (Å²) in [7, 11) is -3.34. The fourth-order valence-electron chi connectivity index (χ4n) is 1.72. The maximum atomic E-state index is 11.7. The van der Waals surface area contributed by atoms with Gasteiger partial charge < -0.3 is 0 Å². The molecular formula is C13H12N2O4S2. The van der Waals surface area contributed by atoms with E-state index in [1.54, 1.807) is 31.2 Å². The largest absolute Gasteiger partial charge is 0.290 e. The summed E-state index contributed by atoms with van der Waals surface area (Å²) in [4.78, 5) is 15.0. The van der Waals surface area contributed by atoms with Crippen LogP contribution < -0.4 is 0 Å². The predicted octanol–water partition coefficient (Wildman–Crippen LogP) is 2.85. The fraction of sp³-hybridized carbons (Fsp3) is 0.154. The molecule has 1 aromatic heterocycles. The van der Waals surface area contributed by atoms with Gasteiger partial charge in [-0.15, -0.1) is 0 Å². The van der Waals surface area contributed by atoms with Crippen molar-refractivity contribution in [1.29, 1.82) is 0 Å². The number of nitrogens with zero attached hydrogens (tertiary/aromatic N) is 2. The summed E-state index contributed by atoms with van der Waals surface area (Å²) in [5, 5.41) is 11.3. The number of hydrogen-bond donors (Lipinski definition) is 0. The average Bonchev–Trinajstić information content (AvgIpc) is 2.37. The zero-order valence-corrected chi connectivity index (χ0v) is 12.9. The van der Waals surface area contributed by atoms with Crippen LogP contribution in [0.25, 0.3) is 0 Å². The van der Waals surface area contributed by atoms with Crippen LogP contribution in [0.5, 0.6) is 0 Å². The van der Waals surface area contributed by atoms with Gasteiger partial charge in [0.2, 0.25) is 0 Å². The molecule has 8 heteroatoms. The van der Waals surface area contributed by atoms with Crippen molar-refractivity contribution in [2.75, 3.05) is 6.26 Å². The van der Waals surface area contributed by atoms with E-state index in [1.807, 2.05) is 0 Å². The van der Waals surface area contributed by atoms with Gasteiger partial charge >= 0.3 is 0 Å². The van der Waals surface area contributed by atoms with Crippen LogP contribution in [0.2, 0.25) is 0 Å². The predicted molar refractivity (Wildman–Crippen MR) is 79.3 cm³/mol. The van der Waals surface area contributed by atoms with Crippen molar-refractivity contribution in [3.63, 3.8) is 0 Å². The summed E-state index contributed by atoms with van der Waals surface area (Å²) in [6, 6.07) is 8.15. The van der Waals surface area contributed by atoms with E-state index in [2.05, 4.69) is 4.98 Å². The number of rotatable bonds is 4. The SMILES string of the molecule is Cc1cc(Sc2ccccc2S(C)(=O)=O)ncc1[N+](=O)[O-]. The molecule has 0 aliphatic rings. The van der Waals surface area contributed by atoms with Gasteiger partial charge in [0, 0.05) is 16.7 Å². The molecule has 0 unspecified atom stereocenters. The zero-order valence-electron chi connectivity index (χ0n) is 11.3. The number of hydrogen-bond acceptors (Lipinski definition) is 6. The molecule has 0 N–H and O–H groups in total. The smallest absolute Gasteiger partial charge is 0.258 e. The van der Waals surface area contributed by atoms with Gasteiger partial charge in [0.15, 0.2) is 9.84 Å². The maximum Gasteiger partial charge on any atom is 0.290 e. The summed E-state index contributed by atoms with van der Waals surface area (Å²) >= 11 is 1.16. The van der Waals surface area contributed by atoms with Crippen molar-refractivity contribution in [2.45, 2.75) is 21.7 Å². The first-order valence-electron chi connectivity index (χ1n) is 5.87. The minimum absolute atomic E-state index is 0.0595. The lowest BCUT2D eigenvalue weighted by Gasteiger charge is -2.07. The van der Waals surface area contributed by atoms with Gasteiger partial charge in [-0.1, -0.05) is 23.9 Å². The summed E-state index contributed by atoms with van der Waals surface area (Å²) in [6.45, 7) is 1.62. The van der Waals surface area contributed by atoms with Crippen LogP contribution in [0.15, 0.2) is 51.3 Å². The molecule has 0 amide bonds. The highest BCUT2D eigenvalue weighted by Gasteiger charge is 2.16. The van der Waals surface area contributed by atoms with Gasteiger partial charge in [0.05, 0.1) is 9.82 Å². The van der Waals surface area contributed by atoms with E-state index in [0.29, 0.717) is 15.5 Å². The zero-order chi connectivity index (χ0) is 15.6. The summed E-state index contributed by atoms with van der Waals surface area (Å²) in [5.41, 5.74) is 0.421. The Kier molecular flexibility index (Phi) is 4.29. The van der Waals surface area contributed by atoms with Crippen LogP contribution in [0, 0.1) is 17.0 Å². The molecule has 6 nitrogen and oxygen atoms in total. The molecule has 2 rings (SSSR count).